The maximum absolute atomic E-state index is 5.91. The maximum Gasteiger partial charge on any atom is 0.0587 e. The third-order valence-electron chi connectivity index (χ3n) is 2.99. The zero-order valence-corrected chi connectivity index (χ0v) is 10.3. The van der Waals surface area contributed by atoms with Crippen molar-refractivity contribution in [1.82, 2.24) is 5.32 Å². The third kappa shape index (κ3) is 1.77. The Bertz CT molecular complexity index is 494. The van der Waals surface area contributed by atoms with Gasteiger partial charge in [-0.05, 0) is 41.1 Å². The van der Waals surface area contributed by atoms with Gasteiger partial charge in [-0.25, -0.2) is 0 Å². The van der Waals surface area contributed by atoms with Gasteiger partial charge in [0.25, 0.3) is 0 Å². The zero-order chi connectivity index (χ0) is 11.0. The molecule has 1 aromatic heterocycles. The van der Waals surface area contributed by atoms with Gasteiger partial charge in [-0.1, -0.05) is 23.7 Å². The molecule has 84 valence electrons. The highest BCUT2D eigenvalue weighted by molar-refractivity contribution is 7.10. The Kier molecular flexibility index (Phi) is 2.72. The molecular weight excluding hydrogens is 238 g/mol. The van der Waals surface area contributed by atoms with Crippen LogP contribution >= 0.6 is 22.9 Å². The van der Waals surface area contributed by atoms with Crippen LogP contribution in [0.15, 0.2) is 35.7 Å². The lowest BCUT2D eigenvalue weighted by molar-refractivity contribution is 0.575. The van der Waals surface area contributed by atoms with Gasteiger partial charge in [-0.15, -0.1) is 11.3 Å². The van der Waals surface area contributed by atoms with Crippen molar-refractivity contribution in [2.75, 3.05) is 6.54 Å². The average molecular weight is 252 g/mol. The Morgan fingerprint density at radius 3 is 2.88 bits per heavy atom. The second-order valence-corrected chi connectivity index (χ2v) is 5.42. The van der Waals surface area contributed by atoms with Crippen LogP contribution in [-0.4, -0.2) is 6.54 Å². The fourth-order valence-electron chi connectivity index (χ4n) is 2.20. The number of hydrogen-bond donors (Lipinski definition) is 1. The average Bonchev–Trinajstić information content (AvgIpc) is 2.78. The van der Waals surface area contributed by atoms with E-state index in [0.717, 1.165) is 18.0 Å². The van der Waals surface area contributed by atoms with Crippen molar-refractivity contribution in [3.8, 4) is 0 Å². The molecule has 0 saturated heterocycles. The summed E-state index contributed by atoms with van der Waals surface area (Å²) in [7, 11) is 0. The molecule has 3 rings (SSSR count). The molecule has 0 bridgehead atoms. The van der Waals surface area contributed by atoms with E-state index in [1.807, 2.05) is 23.5 Å². The molecule has 1 N–H and O–H groups in total. The number of fused-ring (bicyclic) bond motifs is 1. The summed E-state index contributed by atoms with van der Waals surface area (Å²) in [5.74, 6) is 0. The lowest BCUT2D eigenvalue weighted by Gasteiger charge is -2.24. The summed E-state index contributed by atoms with van der Waals surface area (Å²) in [6, 6.07) is 10.7. The second kappa shape index (κ2) is 4.21. The van der Waals surface area contributed by atoms with Crippen LogP contribution in [0.1, 0.15) is 23.5 Å². The van der Waals surface area contributed by atoms with Gasteiger partial charge >= 0.3 is 0 Å². The molecule has 2 aromatic rings. The van der Waals surface area contributed by atoms with E-state index in [-0.39, 0.29) is 1.43 Å². The minimum absolute atomic E-state index is 0. The van der Waals surface area contributed by atoms with Gasteiger partial charge in [0.05, 0.1) is 6.04 Å². The summed E-state index contributed by atoms with van der Waals surface area (Å²) in [6.45, 7) is 1.06. The topological polar surface area (TPSA) is 12.0 Å². The van der Waals surface area contributed by atoms with Gasteiger partial charge in [0.15, 0.2) is 0 Å². The Balaban J connectivity index is 0.00000108. The highest BCUT2D eigenvalue weighted by atomic mass is 35.5. The molecule has 0 amide bonds. The van der Waals surface area contributed by atoms with Gasteiger partial charge in [0.1, 0.15) is 0 Å². The minimum Gasteiger partial charge on any atom is -0.306 e. The normalized spacial score (nSPS) is 19.4. The first-order valence-electron chi connectivity index (χ1n) is 5.40. The van der Waals surface area contributed by atoms with E-state index in [2.05, 4.69) is 28.9 Å². The molecule has 0 radical (unpaired) electrons. The summed E-state index contributed by atoms with van der Waals surface area (Å²) in [5.41, 5.74) is 2.72. The lowest BCUT2D eigenvalue weighted by atomic mass is 9.96. The van der Waals surface area contributed by atoms with Crippen LogP contribution < -0.4 is 5.32 Å². The first-order valence-corrected chi connectivity index (χ1v) is 6.65. The molecule has 2 heterocycles. The van der Waals surface area contributed by atoms with Crippen molar-refractivity contribution in [1.29, 1.82) is 0 Å². The van der Waals surface area contributed by atoms with Crippen molar-refractivity contribution in [2.24, 2.45) is 0 Å². The number of rotatable bonds is 1. The summed E-state index contributed by atoms with van der Waals surface area (Å²) >= 11 is 7.77. The summed E-state index contributed by atoms with van der Waals surface area (Å²) in [6.07, 6.45) is 1.15. The summed E-state index contributed by atoms with van der Waals surface area (Å²) in [5, 5.41) is 6.54. The van der Waals surface area contributed by atoms with Crippen LogP contribution in [0.2, 0.25) is 5.02 Å². The third-order valence-corrected chi connectivity index (χ3v) is 4.24. The fourth-order valence-corrected chi connectivity index (χ4v) is 3.25. The van der Waals surface area contributed by atoms with Gasteiger partial charge in [-0.3, -0.25) is 0 Å². The molecule has 0 spiro atoms. The second-order valence-electron chi connectivity index (χ2n) is 3.99. The minimum atomic E-state index is 0. The van der Waals surface area contributed by atoms with Crippen molar-refractivity contribution in [2.45, 2.75) is 12.5 Å². The highest BCUT2D eigenvalue weighted by Crippen LogP contribution is 2.32. The van der Waals surface area contributed by atoms with Crippen LogP contribution in [0.25, 0.3) is 0 Å². The predicted octanol–water partition coefficient (Wildman–Crippen LogP) is 3.88. The Morgan fingerprint density at radius 1 is 1.25 bits per heavy atom. The molecular formula is C13H14ClNS. The Morgan fingerprint density at radius 2 is 2.06 bits per heavy atom. The molecule has 1 nitrogen and oxygen atoms in total. The molecule has 16 heavy (non-hydrogen) atoms. The Labute approximate surface area is 106 Å². The molecule has 3 heteroatoms. The zero-order valence-electron chi connectivity index (χ0n) is 8.74. The highest BCUT2D eigenvalue weighted by Gasteiger charge is 2.21. The Hall–Kier alpha value is -0.830. The van der Waals surface area contributed by atoms with Crippen LogP contribution in [0.4, 0.5) is 0 Å². The lowest BCUT2D eigenvalue weighted by Crippen LogP contribution is -2.29. The maximum atomic E-state index is 5.91. The standard InChI is InChI=1S/C13H12ClNS.H2/c14-10-3-1-9(2-4-10)13-11-6-8-16-12(11)5-7-15-13;/h1-4,6,8,13,15H,5,7H2;1H. The van der Waals surface area contributed by atoms with E-state index in [1.165, 1.54) is 16.0 Å². The van der Waals surface area contributed by atoms with Gasteiger partial charge in [0, 0.05) is 17.9 Å². The number of nitrogens with one attached hydrogen (secondary N) is 1. The summed E-state index contributed by atoms with van der Waals surface area (Å²) in [4.78, 5) is 1.51. The summed E-state index contributed by atoms with van der Waals surface area (Å²) < 4.78 is 0. The van der Waals surface area contributed by atoms with Crippen molar-refractivity contribution < 1.29 is 1.43 Å². The molecule has 0 fully saturated rings. The molecule has 1 aliphatic heterocycles. The van der Waals surface area contributed by atoms with E-state index in [0.29, 0.717) is 6.04 Å². The van der Waals surface area contributed by atoms with Crippen LogP contribution in [0.5, 0.6) is 0 Å². The van der Waals surface area contributed by atoms with Crippen molar-refractivity contribution >= 4 is 22.9 Å². The molecule has 1 aromatic carbocycles. The van der Waals surface area contributed by atoms with Crippen LogP contribution in [0, 0.1) is 0 Å². The van der Waals surface area contributed by atoms with E-state index < -0.39 is 0 Å². The van der Waals surface area contributed by atoms with Crippen LogP contribution in [0.3, 0.4) is 0 Å². The largest absolute Gasteiger partial charge is 0.306 e. The van der Waals surface area contributed by atoms with Gasteiger partial charge < -0.3 is 5.32 Å². The number of hydrogen-bond acceptors (Lipinski definition) is 2. The predicted molar refractivity (Wildman–Crippen MR) is 71.4 cm³/mol. The van der Waals surface area contributed by atoms with E-state index >= 15 is 0 Å². The van der Waals surface area contributed by atoms with Crippen molar-refractivity contribution in [3.05, 3.63) is 56.7 Å². The van der Waals surface area contributed by atoms with Crippen molar-refractivity contribution in [3.63, 3.8) is 0 Å². The number of halogens is 1. The van der Waals surface area contributed by atoms with Gasteiger partial charge in [0.2, 0.25) is 0 Å². The molecule has 1 unspecified atom stereocenters. The molecule has 0 aliphatic carbocycles. The van der Waals surface area contributed by atoms with E-state index in [4.69, 9.17) is 11.6 Å². The first kappa shape index (κ1) is 10.3. The monoisotopic (exact) mass is 251 g/mol. The first-order chi connectivity index (χ1) is 7.84. The fraction of sp³-hybridized carbons (Fsp3) is 0.231. The van der Waals surface area contributed by atoms with Crippen LogP contribution in [-0.2, 0) is 6.42 Å². The molecule has 0 saturated carbocycles. The molecule has 1 atom stereocenters. The number of benzene rings is 1. The molecule has 1 aliphatic rings. The smallest absolute Gasteiger partial charge is 0.0587 e. The van der Waals surface area contributed by atoms with E-state index in [9.17, 15) is 0 Å². The van der Waals surface area contributed by atoms with Gasteiger partial charge in [-0.2, -0.15) is 0 Å². The van der Waals surface area contributed by atoms with E-state index in [1.54, 1.807) is 0 Å². The SMILES string of the molecule is Clc1ccc(C2NCCc3sccc32)cc1.[HH]. The number of thiophene rings is 1. The quantitative estimate of drug-likeness (QED) is 0.811.